The van der Waals surface area contributed by atoms with Crippen LogP contribution in [0.5, 0.6) is 0 Å². The standard InChI is InChI=1S/C22H14N4O3S2/c27-21-18-8-4-3-7-17(18)19(12-20(21)30-22-23-13-24-25-22)26-31(28,29)16-10-9-14-5-1-2-6-15(14)11-16/h1-13H,(H,23,24,25)/b26-19+. The van der Waals surface area contributed by atoms with Crippen molar-refractivity contribution in [1.29, 1.82) is 0 Å². The number of benzene rings is 3. The predicted molar refractivity (Wildman–Crippen MR) is 119 cm³/mol. The molecule has 3 aromatic carbocycles. The van der Waals surface area contributed by atoms with Crippen molar-refractivity contribution >= 4 is 44.1 Å². The van der Waals surface area contributed by atoms with Gasteiger partial charge in [0.2, 0.25) is 10.9 Å². The second-order valence-electron chi connectivity index (χ2n) is 6.73. The van der Waals surface area contributed by atoms with Gasteiger partial charge in [0, 0.05) is 11.1 Å². The van der Waals surface area contributed by atoms with Gasteiger partial charge in [-0.05, 0) is 40.7 Å². The van der Waals surface area contributed by atoms with Gasteiger partial charge in [-0.1, -0.05) is 54.6 Å². The molecule has 0 amide bonds. The topological polar surface area (TPSA) is 105 Å². The molecule has 1 N–H and O–H groups in total. The Morgan fingerprint density at radius 3 is 2.42 bits per heavy atom. The number of thioether (sulfide) groups is 1. The fourth-order valence-electron chi connectivity index (χ4n) is 3.31. The average molecular weight is 447 g/mol. The molecule has 1 aromatic heterocycles. The van der Waals surface area contributed by atoms with E-state index in [0.717, 1.165) is 22.5 Å². The first-order valence-corrected chi connectivity index (χ1v) is 11.5. The maximum atomic E-state index is 13.1. The van der Waals surface area contributed by atoms with Gasteiger partial charge < -0.3 is 0 Å². The van der Waals surface area contributed by atoms with Crippen LogP contribution in [0.3, 0.4) is 0 Å². The quantitative estimate of drug-likeness (QED) is 0.508. The Morgan fingerprint density at radius 1 is 0.903 bits per heavy atom. The van der Waals surface area contributed by atoms with Crippen molar-refractivity contribution < 1.29 is 13.2 Å². The van der Waals surface area contributed by atoms with Gasteiger partial charge in [0.15, 0.2) is 0 Å². The van der Waals surface area contributed by atoms with E-state index in [2.05, 4.69) is 19.6 Å². The summed E-state index contributed by atoms with van der Waals surface area (Å²) in [6, 6.07) is 19.2. The normalized spacial score (nSPS) is 15.2. The van der Waals surface area contributed by atoms with Crippen LogP contribution in [0.25, 0.3) is 10.8 Å². The summed E-state index contributed by atoms with van der Waals surface area (Å²) in [4.78, 5) is 17.3. The number of carbonyl (C=O) groups is 1. The third-order valence-corrected chi connectivity index (χ3v) is 6.96. The number of rotatable bonds is 4. The van der Waals surface area contributed by atoms with E-state index in [1.54, 1.807) is 36.4 Å². The number of hydrogen-bond acceptors (Lipinski definition) is 6. The summed E-state index contributed by atoms with van der Waals surface area (Å²) in [5, 5.41) is 8.64. The summed E-state index contributed by atoms with van der Waals surface area (Å²) in [6.07, 6.45) is 2.88. The summed E-state index contributed by atoms with van der Waals surface area (Å²) in [5.74, 6) is -0.229. The monoisotopic (exact) mass is 446 g/mol. The van der Waals surface area contributed by atoms with E-state index in [-0.39, 0.29) is 16.4 Å². The lowest BCUT2D eigenvalue weighted by Crippen LogP contribution is -2.17. The van der Waals surface area contributed by atoms with Crippen LogP contribution in [-0.2, 0) is 10.0 Å². The predicted octanol–water partition coefficient (Wildman–Crippen LogP) is 4.01. The van der Waals surface area contributed by atoms with Crippen LogP contribution in [0.1, 0.15) is 15.9 Å². The van der Waals surface area contributed by atoms with Crippen LogP contribution in [-0.4, -0.2) is 35.1 Å². The first-order valence-electron chi connectivity index (χ1n) is 9.24. The Labute approximate surface area is 182 Å². The summed E-state index contributed by atoms with van der Waals surface area (Å²) in [5.41, 5.74) is 1.05. The number of Topliss-reactive ketones (excluding diaryl/α,β-unsaturated/α-hetero) is 1. The smallest absolute Gasteiger partial charge is 0.282 e. The molecule has 31 heavy (non-hydrogen) atoms. The number of aromatic nitrogens is 3. The molecule has 1 heterocycles. The highest BCUT2D eigenvalue weighted by atomic mass is 32.2. The summed E-state index contributed by atoms with van der Waals surface area (Å²) < 4.78 is 30.3. The van der Waals surface area contributed by atoms with Crippen molar-refractivity contribution in [3.05, 3.63) is 95.2 Å². The van der Waals surface area contributed by atoms with E-state index in [1.165, 1.54) is 18.5 Å². The number of nitrogens with zero attached hydrogens (tertiary/aromatic N) is 3. The van der Waals surface area contributed by atoms with Gasteiger partial charge in [-0.25, -0.2) is 4.98 Å². The minimum absolute atomic E-state index is 0.0876. The number of aromatic amines is 1. The fraction of sp³-hybridized carbons (Fsp3) is 0. The molecule has 0 spiro atoms. The molecule has 1 aliphatic rings. The minimum atomic E-state index is -4.01. The lowest BCUT2D eigenvalue weighted by molar-refractivity contribution is 0.104. The molecule has 0 atom stereocenters. The summed E-state index contributed by atoms with van der Waals surface area (Å²) >= 11 is 1.05. The first-order chi connectivity index (χ1) is 15.0. The third-order valence-electron chi connectivity index (χ3n) is 4.77. The Morgan fingerprint density at radius 2 is 1.65 bits per heavy atom. The zero-order valence-electron chi connectivity index (χ0n) is 15.9. The Kier molecular flexibility index (Phi) is 4.76. The molecule has 152 valence electrons. The van der Waals surface area contributed by atoms with Gasteiger partial charge in [0.1, 0.15) is 6.33 Å². The maximum Gasteiger partial charge on any atom is 0.282 e. The number of nitrogens with one attached hydrogen (secondary N) is 1. The average Bonchev–Trinajstić information content (AvgIpc) is 3.29. The van der Waals surface area contributed by atoms with E-state index < -0.39 is 10.0 Å². The second kappa shape index (κ2) is 7.60. The molecule has 4 aromatic rings. The first kappa shape index (κ1) is 19.4. The largest absolute Gasteiger partial charge is 0.288 e. The zero-order chi connectivity index (χ0) is 21.4. The van der Waals surface area contributed by atoms with E-state index >= 15 is 0 Å². The van der Waals surface area contributed by atoms with Crippen LogP contribution < -0.4 is 0 Å². The van der Waals surface area contributed by atoms with E-state index in [0.29, 0.717) is 21.2 Å². The molecule has 0 saturated carbocycles. The molecule has 0 unspecified atom stereocenters. The van der Waals surface area contributed by atoms with Crippen molar-refractivity contribution in [3.8, 4) is 0 Å². The molecule has 0 radical (unpaired) electrons. The Balaban J connectivity index is 1.62. The Hall–Kier alpha value is -3.56. The molecule has 9 heteroatoms. The van der Waals surface area contributed by atoms with Gasteiger partial charge in [0.05, 0.1) is 15.5 Å². The minimum Gasteiger partial charge on any atom is -0.288 e. The van der Waals surface area contributed by atoms with Crippen LogP contribution >= 0.6 is 11.8 Å². The highest BCUT2D eigenvalue weighted by molar-refractivity contribution is 8.04. The molecule has 5 rings (SSSR count). The van der Waals surface area contributed by atoms with E-state index in [9.17, 15) is 13.2 Å². The van der Waals surface area contributed by atoms with Gasteiger partial charge in [-0.15, -0.1) is 5.10 Å². The molecule has 0 aliphatic heterocycles. The van der Waals surface area contributed by atoms with E-state index in [4.69, 9.17) is 0 Å². The molecule has 1 aliphatic carbocycles. The van der Waals surface area contributed by atoms with Gasteiger partial charge in [-0.2, -0.15) is 12.8 Å². The summed E-state index contributed by atoms with van der Waals surface area (Å²) in [6.45, 7) is 0. The summed E-state index contributed by atoms with van der Waals surface area (Å²) in [7, 11) is -4.01. The van der Waals surface area contributed by atoms with E-state index in [1.807, 2.05) is 24.3 Å². The zero-order valence-corrected chi connectivity index (χ0v) is 17.5. The van der Waals surface area contributed by atoms with Crippen LogP contribution in [0.2, 0.25) is 0 Å². The van der Waals surface area contributed by atoms with Gasteiger partial charge in [0.25, 0.3) is 10.0 Å². The molecular formula is C22H14N4O3S2. The number of carbonyl (C=O) groups excluding carboxylic acids is 1. The SMILES string of the molecule is O=C1C(Sc2nc[nH]n2)=C/C(=N\S(=O)(=O)c2ccc3ccccc3c2)c2ccccc21. The molecule has 0 saturated heterocycles. The van der Waals surface area contributed by atoms with Gasteiger partial charge in [-0.3, -0.25) is 9.89 Å². The number of hydrogen-bond donors (Lipinski definition) is 1. The van der Waals surface area contributed by atoms with Crippen molar-refractivity contribution in [3.63, 3.8) is 0 Å². The van der Waals surface area contributed by atoms with Crippen molar-refractivity contribution in [2.75, 3.05) is 0 Å². The number of H-pyrrole nitrogens is 1. The van der Waals surface area contributed by atoms with Crippen molar-refractivity contribution in [2.24, 2.45) is 4.40 Å². The third kappa shape index (κ3) is 3.69. The second-order valence-corrected chi connectivity index (χ2v) is 9.34. The van der Waals surface area contributed by atoms with Gasteiger partial charge >= 0.3 is 0 Å². The van der Waals surface area contributed by atoms with Crippen LogP contribution in [0.4, 0.5) is 0 Å². The molecule has 0 fully saturated rings. The maximum absolute atomic E-state index is 13.1. The highest BCUT2D eigenvalue weighted by Gasteiger charge is 2.27. The number of fused-ring (bicyclic) bond motifs is 2. The molecule has 7 nitrogen and oxygen atoms in total. The lowest BCUT2D eigenvalue weighted by atomic mass is 9.94. The van der Waals surface area contributed by atoms with Crippen molar-refractivity contribution in [2.45, 2.75) is 10.1 Å². The highest BCUT2D eigenvalue weighted by Crippen LogP contribution is 2.32. The van der Waals surface area contributed by atoms with Crippen molar-refractivity contribution in [1.82, 2.24) is 15.2 Å². The Bertz CT molecular complexity index is 1490. The molecule has 0 bridgehead atoms. The lowest BCUT2D eigenvalue weighted by Gasteiger charge is -2.16. The van der Waals surface area contributed by atoms with Crippen LogP contribution in [0, 0.1) is 0 Å². The number of sulfonamides is 1. The molecular weight excluding hydrogens is 432 g/mol. The number of ketones is 1. The fourth-order valence-corrected chi connectivity index (χ4v) is 5.12. The van der Waals surface area contributed by atoms with Crippen LogP contribution in [0.15, 0.2) is 98.5 Å². The number of allylic oxidation sites excluding steroid dienone is 2.